The van der Waals surface area contributed by atoms with Gasteiger partial charge in [0.25, 0.3) is 0 Å². The molecule has 1 aliphatic carbocycles. The van der Waals surface area contributed by atoms with Crippen LogP contribution in [0.15, 0.2) is 22.7 Å². The summed E-state index contributed by atoms with van der Waals surface area (Å²) >= 11 is 3.44. The van der Waals surface area contributed by atoms with E-state index < -0.39 is 0 Å². The minimum Gasteiger partial charge on any atom is -0.399 e. The van der Waals surface area contributed by atoms with Crippen LogP contribution in [0.4, 0.5) is 11.4 Å². The van der Waals surface area contributed by atoms with Crippen molar-refractivity contribution in [2.75, 3.05) is 11.1 Å². The van der Waals surface area contributed by atoms with Gasteiger partial charge in [0.2, 0.25) is 5.91 Å². The molecule has 1 amide bonds. The van der Waals surface area contributed by atoms with Crippen molar-refractivity contribution in [3.05, 3.63) is 22.7 Å². The molecule has 21 heavy (non-hydrogen) atoms. The average molecular weight is 353 g/mol. The first-order valence-corrected chi connectivity index (χ1v) is 8.75. The SMILES string of the molecule is CCCCC1CCC(C(=O)Nc2ccc(N)cc2Br)CC1. The number of nitrogen functional groups attached to an aromatic ring is 1. The van der Waals surface area contributed by atoms with Crippen molar-refractivity contribution in [3.63, 3.8) is 0 Å². The monoisotopic (exact) mass is 352 g/mol. The van der Waals surface area contributed by atoms with E-state index in [9.17, 15) is 4.79 Å². The van der Waals surface area contributed by atoms with Crippen LogP contribution in [0.25, 0.3) is 0 Å². The third kappa shape index (κ3) is 4.73. The lowest BCUT2D eigenvalue weighted by molar-refractivity contribution is -0.121. The van der Waals surface area contributed by atoms with Crippen LogP contribution in [0.1, 0.15) is 51.9 Å². The molecule has 0 spiro atoms. The molecule has 3 nitrogen and oxygen atoms in total. The van der Waals surface area contributed by atoms with Gasteiger partial charge in [-0.25, -0.2) is 0 Å². The van der Waals surface area contributed by atoms with Gasteiger partial charge in [0, 0.05) is 16.1 Å². The van der Waals surface area contributed by atoms with Crippen molar-refractivity contribution in [1.29, 1.82) is 0 Å². The van der Waals surface area contributed by atoms with Gasteiger partial charge in [0.05, 0.1) is 5.69 Å². The number of nitrogens with one attached hydrogen (secondary N) is 1. The molecular formula is C17H25BrN2O. The van der Waals surface area contributed by atoms with E-state index in [4.69, 9.17) is 5.73 Å². The Morgan fingerprint density at radius 1 is 1.33 bits per heavy atom. The van der Waals surface area contributed by atoms with Crippen LogP contribution >= 0.6 is 15.9 Å². The molecule has 116 valence electrons. The van der Waals surface area contributed by atoms with Gasteiger partial charge in [-0.2, -0.15) is 0 Å². The fourth-order valence-corrected chi connectivity index (χ4v) is 3.57. The largest absolute Gasteiger partial charge is 0.399 e. The second-order valence-corrected chi connectivity index (χ2v) is 6.94. The van der Waals surface area contributed by atoms with Crippen LogP contribution in [0, 0.1) is 11.8 Å². The highest BCUT2D eigenvalue weighted by atomic mass is 79.9. The van der Waals surface area contributed by atoms with E-state index >= 15 is 0 Å². The molecule has 2 rings (SSSR count). The van der Waals surface area contributed by atoms with Crippen LogP contribution in [-0.4, -0.2) is 5.91 Å². The van der Waals surface area contributed by atoms with Gasteiger partial charge in [0.1, 0.15) is 0 Å². The summed E-state index contributed by atoms with van der Waals surface area (Å²) in [6, 6.07) is 5.48. The molecular weight excluding hydrogens is 328 g/mol. The minimum absolute atomic E-state index is 0.148. The fraction of sp³-hybridized carbons (Fsp3) is 0.588. The summed E-state index contributed by atoms with van der Waals surface area (Å²) in [6.07, 6.45) is 8.35. The first kappa shape index (κ1) is 16.3. The van der Waals surface area contributed by atoms with E-state index in [0.717, 1.165) is 28.9 Å². The summed E-state index contributed by atoms with van der Waals surface area (Å²) in [5, 5.41) is 3.02. The molecule has 0 atom stereocenters. The van der Waals surface area contributed by atoms with E-state index in [0.29, 0.717) is 5.69 Å². The number of amides is 1. The van der Waals surface area contributed by atoms with Crippen molar-refractivity contribution in [3.8, 4) is 0 Å². The minimum atomic E-state index is 0.148. The van der Waals surface area contributed by atoms with Gasteiger partial charge in [-0.15, -0.1) is 0 Å². The first-order valence-electron chi connectivity index (χ1n) is 7.96. The molecule has 1 aromatic rings. The third-order valence-corrected chi connectivity index (χ3v) is 5.09. The predicted molar refractivity (Wildman–Crippen MR) is 92.2 cm³/mol. The number of hydrogen-bond donors (Lipinski definition) is 2. The fourth-order valence-electron chi connectivity index (χ4n) is 3.07. The number of rotatable bonds is 5. The highest BCUT2D eigenvalue weighted by Gasteiger charge is 2.26. The van der Waals surface area contributed by atoms with Gasteiger partial charge >= 0.3 is 0 Å². The zero-order valence-corrected chi connectivity index (χ0v) is 14.3. The normalized spacial score (nSPS) is 22.0. The molecule has 4 heteroatoms. The maximum absolute atomic E-state index is 12.4. The summed E-state index contributed by atoms with van der Waals surface area (Å²) in [6.45, 7) is 2.24. The molecule has 1 aromatic carbocycles. The van der Waals surface area contributed by atoms with Gasteiger partial charge < -0.3 is 11.1 Å². The standard InChI is InChI=1S/C17H25BrN2O/c1-2-3-4-12-5-7-13(8-6-12)17(21)20-16-10-9-14(19)11-15(16)18/h9-13H,2-8,19H2,1H3,(H,20,21). The Balaban J connectivity index is 1.84. The Kier molecular flexibility index (Phi) is 6.09. The van der Waals surface area contributed by atoms with Gasteiger partial charge in [-0.1, -0.05) is 26.2 Å². The van der Waals surface area contributed by atoms with E-state index in [2.05, 4.69) is 28.2 Å². The first-order chi connectivity index (χ1) is 10.1. The number of halogens is 1. The lowest BCUT2D eigenvalue weighted by Crippen LogP contribution is -2.27. The van der Waals surface area contributed by atoms with E-state index in [1.54, 1.807) is 0 Å². The average Bonchev–Trinajstić information content (AvgIpc) is 2.48. The summed E-state index contributed by atoms with van der Waals surface area (Å²) in [5.41, 5.74) is 7.21. The molecule has 0 heterocycles. The number of nitrogens with two attached hydrogens (primary N) is 1. The molecule has 1 aliphatic rings. The molecule has 0 aromatic heterocycles. The van der Waals surface area contributed by atoms with Crippen molar-refractivity contribution in [1.82, 2.24) is 0 Å². The predicted octanol–water partition coefficient (Wildman–Crippen LogP) is 4.97. The van der Waals surface area contributed by atoms with Crippen LogP contribution in [0.5, 0.6) is 0 Å². The zero-order chi connectivity index (χ0) is 15.2. The Morgan fingerprint density at radius 2 is 2.05 bits per heavy atom. The topological polar surface area (TPSA) is 55.1 Å². The van der Waals surface area contributed by atoms with Crippen LogP contribution in [0.2, 0.25) is 0 Å². The lowest BCUT2D eigenvalue weighted by atomic mass is 9.79. The van der Waals surface area contributed by atoms with Crippen molar-refractivity contribution in [2.45, 2.75) is 51.9 Å². The van der Waals surface area contributed by atoms with Crippen molar-refractivity contribution >= 4 is 33.2 Å². The molecule has 3 N–H and O–H groups in total. The summed E-state index contributed by atoms with van der Waals surface area (Å²) in [4.78, 5) is 12.4. The maximum Gasteiger partial charge on any atom is 0.227 e. The van der Waals surface area contributed by atoms with E-state index in [-0.39, 0.29) is 11.8 Å². The molecule has 1 fully saturated rings. The highest BCUT2D eigenvalue weighted by Crippen LogP contribution is 2.33. The smallest absolute Gasteiger partial charge is 0.227 e. The second kappa shape index (κ2) is 7.83. The molecule has 0 saturated heterocycles. The Bertz CT molecular complexity index is 482. The Morgan fingerprint density at radius 3 is 2.67 bits per heavy atom. The maximum atomic E-state index is 12.4. The lowest BCUT2D eigenvalue weighted by Gasteiger charge is -2.27. The quantitative estimate of drug-likeness (QED) is 0.735. The molecule has 0 unspecified atom stereocenters. The van der Waals surface area contributed by atoms with E-state index in [1.807, 2.05) is 18.2 Å². The summed E-state index contributed by atoms with van der Waals surface area (Å²) in [7, 11) is 0. The van der Waals surface area contributed by atoms with Crippen molar-refractivity contribution in [2.24, 2.45) is 11.8 Å². The molecule has 0 bridgehead atoms. The van der Waals surface area contributed by atoms with Gasteiger partial charge in [-0.3, -0.25) is 4.79 Å². The number of unbranched alkanes of at least 4 members (excludes halogenated alkanes) is 1. The van der Waals surface area contributed by atoms with Crippen LogP contribution in [0.3, 0.4) is 0 Å². The zero-order valence-electron chi connectivity index (χ0n) is 12.7. The Hall–Kier alpha value is -1.03. The number of carbonyl (C=O) groups excluding carboxylic acids is 1. The van der Waals surface area contributed by atoms with Crippen molar-refractivity contribution < 1.29 is 4.79 Å². The molecule has 0 radical (unpaired) electrons. The highest BCUT2D eigenvalue weighted by molar-refractivity contribution is 9.10. The third-order valence-electron chi connectivity index (χ3n) is 4.43. The van der Waals surface area contributed by atoms with Gasteiger partial charge in [0.15, 0.2) is 0 Å². The number of anilines is 2. The second-order valence-electron chi connectivity index (χ2n) is 6.09. The summed E-state index contributed by atoms with van der Waals surface area (Å²) < 4.78 is 0.840. The Labute approximate surface area is 135 Å². The molecule has 0 aliphatic heterocycles. The van der Waals surface area contributed by atoms with Crippen LogP contribution in [-0.2, 0) is 4.79 Å². The number of hydrogen-bond acceptors (Lipinski definition) is 2. The van der Waals surface area contributed by atoms with E-state index in [1.165, 1.54) is 32.1 Å². The molecule has 1 saturated carbocycles. The van der Waals surface area contributed by atoms with Gasteiger partial charge in [-0.05, 0) is 65.7 Å². The van der Waals surface area contributed by atoms with Crippen LogP contribution < -0.4 is 11.1 Å². The number of benzene rings is 1. The number of carbonyl (C=O) groups is 1. The summed E-state index contributed by atoms with van der Waals surface area (Å²) in [5.74, 6) is 1.14.